The van der Waals surface area contributed by atoms with Crippen LogP contribution in [0.3, 0.4) is 0 Å². The van der Waals surface area contributed by atoms with Gasteiger partial charge in [0, 0.05) is 18.5 Å². The molecule has 1 unspecified atom stereocenters. The Labute approximate surface area is 108 Å². The number of benzene rings is 1. The van der Waals surface area contributed by atoms with Crippen molar-refractivity contribution in [2.24, 2.45) is 5.92 Å². The van der Waals surface area contributed by atoms with Crippen LogP contribution < -0.4 is 5.32 Å². The summed E-state index contributed by atoms with van der Waals surface area (Å²) < 4.78 is 0. The molecule has 0 saturated heterocycles. The minimum Gasteiger partial charge on any atom is -0.359 e. The van der Waals surface area contributed by atoms with Gasteiger partial charge in [-0.05, 0) is 36.0 Å². The monoisotopic (exact) mass is 253 g/mol. The van der Waals surface area contributed by atoms with Crippen LogP contribution in [-0.2, 0) is 4.79 Å². The summed E-state index contributed by atoms with van der Waals surface area (Å²) in [7, 11) is 1.67. The zero-order chi connectivity index (χ0) is 12.8. The molecule has 0 heterocycles. The molecule has 1 aromatic carbocycles. The lowest BCUT2D eigenvalue weighted by Gasteiger charge is -2.19. The molecule has 1 atom stereocenters. The van der Waals surface area contributed by atoms with Crippen molar-refractivity contribution in [2.75, 3.05) is 7.05 Å². The van der Waals surface area contributed by atoms with Crippen molar-refractivity contribution in [2.45, 2.75) is 32.6 Å². The third-order valence-corrected chi connectivity index (χ3v) is 3.02. The predicted molar refractivity (Wildman–Crippen MR) is 72.3 cm³/mol. The summed E-state index contributed by atoms with van der Waals surface area (Å²) >= 11 is 6.00. The van der Waals surface area contributed by atoms with Crippen LogP contribution in [0, 0.1) is 5.92 Å². The standard InChI is InChI=1S/C14H20ClNO/c1-10(2)7-12(9-14(17)16-3)11-5-4-6-13(15)8-11/h4-6,8,10,12H,7,9H2,1-3H3,(H,16,17). The molecular formula is C14H20ClNO. The molecule has 2 nitrogen and oxygen atoms in total. The first-order valence-corrected chi connectivity index (χ1v) is 6.36. The summed E-state index contributed by atoms with van der Waals surface area (Å²) in [4.78, 5) is 11.5. The lowest BCUT2D eigenvalue weighted by Crippen LogP contribution is -2.21. The first-order valence-electron chi connectivity index (χ1n) is 5.99. The van der Waals surface area contributed by atoms with Gasteiger partial charge >= 0.3 is 0 Å². The maximum atomic E-state index is 11.5. The fraction of sp³-hybridized carbons (Fsp3) is 0.500. The Morgan fingerprint density at radius 3 is 2.65 bits per heavy atom. The first-order chi connectivity index (χ1) is 8.02. The van der Waals surface area contributed by atoms with Gasteiger partial charge < -0.3 is 5.32 Å². The molecule has 94 valence electrons. The van der Waals surface area contributed by atoms with Gasteiger partial charge in [-0.1, -0.05) is 37.6 Å². The molecule has 1 rings (SSSR count). The Bertz CT molecular complexity index is 376. The third-order valence-electron chi connectivity index (χ3n) is 2.79. The van der Waals surface area contributed by atoms with Crippen molar-refractivity contribution in [3.8, 4) is 0 Å². The number of hydrogen-bond acceptors (Lipinski definition) is 1. The highest BCUT2D eigenvalue weighted by Crippen LogP contribution is 2.28. The van der Waals surface area contributed by atoms with E-state index in [0.29, 0.717) is 12.3 Å². The summed E-state index contributed by atoms with van der Waals surface area (Å²) in [6, 6.07) is 7.80. The molecule has 0 radical (unpaired) electrons. The molecule has 17 heavy (non-hydrogen) atoms. The van der Waals surface area contributed by atoms with Gasteiger partial charge in [-0.3, -0.25) is 4.79 Å². The molecule has 0 aromatic heterocycles. The lowest BCUT2D eigenvalue weighted by molar-refractivity contribution is -0.121. The molecule has 3 heteroatoms. The number of amides is 1. The molecule has 0 aliphatic carbocycles. The Balaban J connectivity index is 2.85. The fourth-order valence-corrected chi connectivity index (χ4v) is 2.19. The average molecular weight is 254 g/mol. The molecule has 1 amide bonds. The third kappa shape index (κ3) is 4.78. The molecule has 1 N–H and O–H groups in total. The summed E-state index contributed by atoms with van der Waals surface area (Å²) in [5.74, 6) is 0.882. The van der Waals surface area contributed by atoms with Crippen LogP contribution in [0.1, 0.15) is 38.2 Å². The lowest BCUT2D eigenvalue weighted by atomic mass is 9.87. The highest BCUT2D eigenvalue weighted by Gasteiger charge is 2.17. The second-order valence-corrected chi connectivity index (χ2v) is 5.20. The normalized spacial score (nSPS) is 12.5. The smallest absolute Gasteiger partial charge is 0.220 e. The van der Waals surface area contributed by atoms with E-state index >= 15 is 0 Å². The summed E-state index contributed by atoms with van der Waals surface area (Å²) in [6.45, 7) is 4.34. The minimum atomic E-state index is 0.0793. The average Bonchev–Trinajstić information content (AvgIpc) is 2.27. The largest absolute Gasteiger partial charge is 0.359 e. The SMILES string of the molecule is CNC(=O)CC(CC(C)C)c1cccc(Cl)c1. The number of carbonyl (C=O) groups excluding carboxylic acids is 1. The van der Waals surface area contributed by atoms with Crippen LogP contribution in [-0.4, -0.2) is 13.0 Å². The van der Waals surface area contributed by atoms with Crippen molar-refractivity contribution in [3.05, 3.63) is 34.9 Å². The number of halogens is 1. The topological polar surface area (TPSA) is 29.1 Å². The Kier molecular flexibility index (Phi) is 5.49. The van der Waals surface area contributed by atoms with E-state index in [0.717, 1.165) is 17.0 Å². The summed E-state index contributed by atoms with van der Waals surface area (Å²) in [5, 5.41) is 3.41. The number of nitrogens with one attached hydrogen (secondary N) is 1. The van der Waals surface area contributed by atoms with Gasteiger partial charge in [-0.15, -0.1) is 0 Å². The summed E-state index contributed by atoms with van der Waals surface area (Å²) in [6.07, 6.45) is 1.52. The molecule has 0 aliphatic rings. The Morgan fingerprint density at radius 2 is 2.12 bits per heavy atom. The second-order valence-electron chi connectivity index (χ2n) is 4.76. The van der Waals surface area contributed by atoms with Gasteiger partial charge in [0.2, 0.25) is 5.91 Å². The van der Waals surface area contributed by atoms with Crippen LogP contribution in [0.4, 0.5) is 0 Å². The van der Waals surface area contributed by atoms with E-state index in [1.807, 2.05) is 24.3 Å². The van der Waals surface area contributed by atoms with E-state index in [1.165, 1.54) is 0 Å². The maximum absolute atomic E-state index is 11.5. The van der Waals surface area contributed by atoms with Gasteiger partial charge in [0.1, 0.15) is 0 Å². The Hall–Kier alpha value is -1.02. The predicted octanol–water partition coefficient (Wildman–Crippen LogP) is 3.61. The van der Waals surface area contributed by atoms with E-state index in [-0.39, 0.29) is 11.8 Å². The van der Waals surface area contributed by atoms with E-state index in [2.05, 4.69) is 19.2 Å². The van der Waals surface area contributed by atoms with Gasteiger partial charge in [0.25, 0.3) is 0 Å². The van der Waals surface area contributed by atoms with E-state index in [1.54, 1.807) is 7.05 Å². The summed E-state index contributed by atoms with van der Waals surface area (Å²) in [5.41, 5.74) is 1.15. The van der Waals surface area contributed by atoms with Crippen molar-refractivity contribution in [1.82, 2.24) is 5.32 Å². The van der Waals surface area contributed by atoms with Gasteiger partial charge in [-0.25, -0.2) is 0 Å². The molecular weight excluding hydrogens is 234 g/mol. The van der Waals surface area contributed by atoms with Crippen LogP contribution in [0.25, 0.3) is 0 Å². The van der Waals surface area contributed by atoms with Crippen LogP contribution in [0.15, 0.2) is 24.3 Å². The number of carbonyl (C=O) groups is 1. The van der Waals surface area contributed by atoms with Gasteiger partial charge in [0.15, 0.2) is 0 Å². The minimum absolute atomic E-state index is 0.0793. The Morgan fingerprint density at radius 1 is 1.41 bits per heavy atom. The van der Waals surface area contributed by atoms with E-state index in [4.69, 9.17) is 11.6 Å². The van der Waals surface area contributed by atoms with Crippen LogP contribution >= 0.6 is 11.6 Å². The molecule has 0 fully saturated rings. The highest BCUT2D eigenvalue weighted by atomic mass is 35.5. The zero-order valence-electron chi connectivity index (χ0n) is 10.7. The molecule has 0 spiro atoms. The van der Waals surface area contributed by atoms with E-state index in [9.17, 15) is 4.79 Å². The zero-order valence-corrected chi connectivity index (χ0v) is 11.4. The molecule has 0 bridgehead atoms. The second kappa shape index (κ2) is 6.65. The maximum Gasteiger partial charge on any atom is 0.220 e. The van der Waals surface area contributed by atoms with Crippen molar-refractivity contribution >= 4 is 17.5 Å². The first kappa shape index (κ1) is 14.0. The van der Waals surface area contributed by atoms with Crippen molar-refractivity contribution in [1.29, 1.82) is 0 Å². The van der Waals surface area contributed by atoms with Crippen molar-refractivity contribution < 1.29 is 4.79 Å². The van der Waals surface area contributed by atoms with E-state index < -0.39 is 0 Å². The highest BCUT2D eigenvalue weighted by molar-refractivity contribution is 6.30. The van der Waals surface area contributed by atoms with Crippen LogP contribution in [0.2, 0.25) is 5.02 Å². The van der Waals surface area contributed by atoms with Crippen molar-refractivity contribution in [3.63, 3.8) is 0 Å². The fourth-order valence-electron chi connectivity index (χ4n) is 1.99. The number of rotatable bonds is 5. The van der Waals surface area contributed by atoms with Crippen LogP contribution in [0.5, 0.6) is 0 Å². The molecule has 0 aliphatic heterocycles. The van der Waals surface area contributed by atoms with Gasteiger partial charge in [-0.2, -0.15) is 0 Å². The number of hydrogen-bond donors (Lipinski definition) is 1. The van der Waals surface area contributed by atoms with Gasteiger partial charge in [0.05, 0.1) is 0 Å². The molecule has 1 aromatic rings. The molecule has 0 saturated carbocycles. The quantitative estimate of drug-likeness (QED) is 0.854.